The molecule has 0 saturated carbocycles. The molecule has 2 rings (SSSR count). The number of amides is 1. The van der Waals surface area contributed by atoms with E-state index in [-0.39, 0.29) is 17.8 Å². The minimum Gasteiger partial charge on any atom is -0.490 e. The molecule has 7 heteroatoms. The van der Waals surface area contributed by atoms with Crippen LogP contribution in [0.25, 0.3) is 6.08 Å². The Balaban J connectivity index is 2.21. The van der Waals surface area contributed by atoms with Gasteiger partial charge in [0.1, 0.15) is 11.6 Å². The molecule has 0 radical (unpaired) electrons. The Labute approximate surface area is 171 Å². The lowest BCUT2D eigenvalue weighted by atomic mass is 10.1. The molecule has 1 aliphatic rings. The average molecular weight is 407 g/mol. The molecule has 152 valence electrons. The van der Waals surface area contributed by atoms with Crippen molar-refractivity contribution in [1.29, 1.82) is 5.26 Å². The van der Waals surface area contributed by atoms with Crippen molar-refractivity contribution in [1.82, 2.24) is 5.32 Å². The third-order valence-corrected chi connectivity index (χ3v) is 4.70. The Morgan fingerprint density at radius 2 is 2.29 bits per heavy atom. The van der Waals surface area contributed by atoms with Gasteiger partial charge in [0.2, 0.25) is 0 Å². The number of ether oxygens (including phenoxy) is 3. The molecular formula is C21H27ClN2O4. The smallest absolute Gasteiger partial charge is 0.262 e. The summed E-state index contributed by atoms with van der Waals surface area (Å²) in [4.78, 5) is 12.3. The van der Waals surface area contributed by atoms with Gasteiger partial charge in [-0.25, -0.2) is 0 Å². The summed E-state index contributed by atoms with van der Waals surface area (Å²) in [6.07, 6.45) is 4.22. The van der Waals surface area contributed by atoms with E-state index in [1.807, 2.05) is 26.8 Å². The molecular weight excluding hydrogens is 380 g/mol. The third kappa shape index (κ3) is 6.15. The molecule has 2 atom stereocenters. The fourth-order valence-corrected chi connectivity index (χ4v) is 3.02. The van der Waals surface area contributed by atoms with E-state index in [2.05, 4.69) is 5.32 Å². The van der Waals surface area contributed by atoms with Gasteiger partial charge in [-0.2, -0.15) is 5.26 Å². The molecule has 1 fully saturated rings. The molecule has 1 aromatic carbocycles. The Bertz CT molecular complexity index is 752. The number of hydrogen-bond donors (Lipinski definition) is 1. The van der Waals surface area contributed by atoms with Crippen molar-refractivity contribution in [3.05, 3.63) is 28.3 Å². The maximum absolute atomic E-state index is 12.3. The van der Waals surface area contributed by atoms with E-state index in [0.717, 1.165) is 19.3 Å². The molecule has 1 saturated heterocycles. The highest BCUT2D eigenvalue weighted by Gasteiger charge is 2.19. The van der Waals surface area contributed by atoms with Gasteiger partial charge in [-0.1, -0.05) is 18.5 Å². The number of carbonyl (C=O) groups is 1. The summed E-state index contributed by atoms with van der Waals surface area (Å²) in [5.74, 6) is 0.516. The minimum absolute atomic E-state index is 0.00731. The number of carbonyl (C=O) groups excluding carboxylic acids is 1. The number of nitriles is 1. The van der Waals surface area contributed by atoms with Crippen LogP contribution in [0.15, 0.2) is 17.7 Å². The summed E-state index contributed by atoms with van der Waals surface area (Å²) in [6, 6.07) is 5.32. The molecule has 0 spiro atoms. The first kappa shape index (κ1) is 22.1. The molecule has 0 unspecified atom stereocenters. The molecule has 6 nitrogen and oxygen atoms in total. The van der Waals surface area contributed by atoms with Gasteiger partial charge < -0.3 is 19.5 Å². The first-order valence-electron chi connectivity index (χ1n) is 9.63. The van der Waals surface area contributed by atoms with Crippen LogP contribution in [0, 0.1) is 11.3 Å². The second kappa shape index (κ2) is 10.9. The van der Waals surface area contributed by atoms with E-state index in [9.17, 15) is 10.1 Å². The molecule has 0 aromatic heterocycles. The van der Waals surface area contributed by atoms with Crippen LogP contribution in [0.3, 0.4) is 0 Å². The highest BCUT2D eigenvalue weighted by molar-refractivity contribution is 6.32. The van der Waals surface area contributed by atoms with Gasteiger partial charge >= 0.3 is 0 Å². The van der Waals surface area contributed by atoms with Crippen molar-refractivity contribution in [2.45, 2.75) is 52.2 Å². The quantitative estimate of drug-likeness (QED) is 0.493. The van der Waals surface area contributed by atoms with Crippen LogP contribution >= 0.6 is 11.6 Å². The number of benzene rings is 1. The number of nitrogens with one attached hydrogen (secondary N) is 1. The van der Waals surface area contributed by atoms with E-state index in [1.165, 1.54) is 6.08 Å². The van der Waals surface area contributed by atoms with Crippen LogP contribution in [-0.4, -0.2) is 37.9 Å². The first-order valence-corrected chi connectivity index (χ1v) is 10.0. The van der Waals surface area contributed by atoms with Crippen molar-refractivity contribution in [2.75, 3.05) is 19.8 Å². The number of nitrogens with zero attached hydrogens (tertiary/aromatic N) is 1. The summed E-state index contributed by atoms with van der Waals surface area (Å²) >= 11 is 6.39. The number of halogens is 1. The first-order chi connectivity index (χ1) is 13.5. The predicted molar refractivity (Wildman–Crippen MR) is 109 cm³/mol. The Hall–Kier alpha value is -2.23. The molecule has 1 heterocycles. The van der Waals surface area contributed by atoms with Gasteiger partial charge in [0, 0.05) is 13.2 Å². The molecule has 0 aliphatic carbocycles. The molecule has 1 N–H and O–H groups in total. The van der Waals surface area contributed by atoms with E-state index in [0.29, 0.717) is 41.8 Å². The summed E-state index contributed by atoms with van der Waals surface area (Å²) in [6.45, 7) is 7.38. The summed E-state index contributed by atoms with van der Waals surface area (Å²) < 4.78 is 17.0. The fraction of sp³-hybridized carbons (Fsp3) is 0.524. The lowest BCUT2D eigenvalue weighted by molar-refractivity contribution is -0.117. The topological polar surface area (TPSA) is 80.6 Å². The van der Waals surface area contributed by atoms with Crippen LogP contribution < -0.4 is 14.8 Å². The monoisotopic (exact) mass is 406 g/mol. The average Bonchev–Trinajstić information content (AvgIpc) is 3.20. The zero-order valence-corrected chi connectivity index (χ0v) is 17.3. The fourth-order valence-electron chi connectivity index (χ4n) is 2.76. The van der Waals surface area contributed by atoms with Crippen molar-refractivity contribution in [2.24, 2.45) is 0 Å². The minimum atomic E-state index is -0.438. The van der Waals surface area contributed by atoms with Crippen LogP contribution in [-0.2, 0) is 9.53 Å². The van der Waals surface area contributed by atoms with Crippen molar-refractivity contribution < 1.29 is 19.0 Å². The van der Waals surface area contributed by atoms with Gasteiger partial charge in [0.05, 0.1) is 23.8 Å². The second-order valence-corrected chi connectivity index (χ2v) is 7.02. The molecule has 28 heavy (non-hydrogen) atoms. The summed E-state index contributed by atoms with van der Waals surface area (Å²) in [7, 11) is 0. The zero-order chi connectivity index (χ0) is 20.5. The standard InChI is InChI=1S/C21H27ClN2O4/c1-4-14(3)28-20-18(22)10-15(11-19(20)26-5-2)9-16(12-23)21(25)24-13-17-7-6-8-27-17/h9-11,14,17H,4-8,13H2,1-3H3,(H,24,25)/b16-9-/t14-,17-/m1/s1. The SMILES string of the molecule is CCOc1cc(/C=C(/C#N)C(=O)NC[C@H]2CCCO2)cc(Cl)c1O[C@H](C)CC. The zero-order valence-electron chi connectivity index (χ0n) is 16.6. The van der Waals surface area contributed by atoms with Crippen LogP contribution in [0.1, 0.15) is 45.6 Å². The third-order valence-electron chi connectivity index (χ3n) is 4.42. The normalized spacial score (nSPS) is 17.7. The number of rotatable bonds is 9. The molecule has 1 aliphatic heterocycles. The molecule has 1 aromatic rings. The van der Waals surface area contributed by atoms with E-state index < -0.39 is 5.91 Å². The molecule has 0 bridgehead atoms. The highest BCUT2D eigenvalue weighted by Crippen LogP contribution is 2.38. The highest BCUT2D eigenvalue weighted by atomic mass is 35.5. The maximum atomic E-state index is 12.3. The Kier molecular flexibility index (Phi) is 8.62. The number of hydrogen-bond acceptors (Lipinski definition) is 5. The van der Waals surface area contributed by atoms with E-state index in [1.54, 1.807) is 12.1 Å². The van der Waals surface area contributed by atoms with Gasteiger partial charge in [-0.15, -0.1) is 0 Å². The lowest BCUT2D eigenvalue weighted by Gasteiger charge is -2.18. The summed E-state index contributed by atoms with van der Waals surface area (Å²) in [5, 5.41) is 12.5. The van der Waals surface area contributed by atoms with Crippen LogP contribution in [0.2, 0.25) is 5.02 Å². The van der Waals surface area contributed by atoms with Crippen LogP contribution in [0.4, 0.5) is 0 Å². The lowest BCUT2D eigenvalue weighted by Crippen LogP contribution is -2.32. The van der Waals surface area contributed by atoms with Crippen molar-refractivity contribution in [3.8, 4) is 17.6 Å². The van der Waals surface area contributed by atoms with Gasteiger partial charge in [0.15, 0.2) is 11.5 Å². The van der Waals surface area contributed by atoms with Gasteiger partial charge in [-0.3, -0.25) is 4.79 Å². The van der Waals surface area contributed by atoms with E-state index >= 15 is 0 Å². The predicted octanol–water partition coefficient (Wildman–Crippen LogP) is 4.12. The Morgan fingerprint density at radius 3 is 2.89 bits per heavy atom. The van der Waals surface area contributed by atoms with Gasteiger partial charge in [0.25, 0.3) is 5.91 Å². The van der Waals surface area contributed by atoms with Gasteiger partial charge in [-0.05, 0) is 56.9 Å². The second-order valence-electron chi connectivity index (χ2n) is 6.61. The Morgan fingerprint density at radius 1 is 1.50 bits per heavy atom. The maximum Gasteiger partial charge on any atom is 0.262 e. The largest absolute Gasteiger partial charge is 0.490 e. The molecule has 1 amide bonds. The van der Waals surface area contributed by atoms with Crippen molar-refractivity contribution >= 4 is 23.6 Å². The van der Waals surface area contributed by atoms with Crippen molar-refractivity contribution in [3.63, 3.8) is 0 Å². The summed E-state index contributed by atoms with van der Waals surface area (Å²) in [5.41, 5.74) is 0.584. The van der Waals surface area contributed by atoms with Crippen LogP contribution in [0.5, 0.6) is 11.5 Å². The van der Waals surface area contributed by atoms with E-state index in [4.69, 9.17) is 25.8 Å².